The maximum Gasteiger partial charge on any atom is 0.0437 e. The molecule has 1 aromatic rings. The first kappa shape index (κ1) is 14.8. The van der Waals surface area contributed by atoms with Crippen LogP contribution in [0, 0.1) is 5.92 Å². The summed E-state index contributed by atoms with van der Waals surface area (Å²) in [7, 11) is 4.12. The van der Waals surface area contributed by atoms with Crippen LogP contribution in [-0.2, 0) is 0 Å². The van der Waals surface area contributed by atoms with Crippen LogP contribution in [0.5, 0.6) is 0 Å². The summed E-state index contributed by atoms with van der Waals surface area (Å²) in [4.78, 5) is 2.13. The Labute approximate surface area is 101 Å². The van der Waals surface area contributed by atoms with Crippen LogP contribution in [-0.4, -0.2) is 14.1 Å². The van der Waals surface area contributed by atoms with Gasteiger partial charge in [0.05, 0.1) is 0 Å². The van der Waals surface area contributed by atoms with Gasteiger partial charge < -0.3 is 4.90 Å². The number of hydrogen-bond acceptors (Lipinski definition) is 1. The summed E-state index contributed by atoms with van der Waals surface area (Å²) in [6.07, 6.45) is 0. The van der Waals surface area contributed by atoms with Crippen molar-refractivity contribution >= 4 is 11.3 Å². The Balaban J connectivity index is 0.00000106. The highest BCUT2D eigenvalue weighted by atomic mass is 15.1. The molecule has 0 aliphatic rings. The minimum atomic E-state index is 0.496. The number of allylic oxidation sites excluding steroid dienone is 1. The van der Waals surface area contributed by atoms with Gasteiger partial charge in [-0.2, -0.15) is 0 Å². The van der Waals surface area contributed by atoms with E-state index in [0.717, 1.165) is 0 Å². The van der Waals surface area contributed by atoms with E-state index in [0.29, 0.717) is 5.92 Å². The summed E-state index contributed by atoms with van der Waals surface area (Å²) in [6.45, 7) is 12.5. The Morgan fingerprint density at radius 1 is 1.12 bits per heavy atom. The van der Waals surface area contributed by atoms with Crippen molar-refractivity contribution in [1.29, 1.82) is 0 Å². The van der Waals surface area contributed by atoms with Crippen molar-refractivity contribution in [2.45, 2.75) is 27.7 Å². The first-order valence-corrected chi connectivity index (χ1v) is 5.99. The molecule has 0 amide bonds. The molecule has 0 N–H and O–H groups in total. The Hall–Kier alpha value is -1.24. The fourth-order valence-corrected chi connectivity index (χ4v) is 1.45. The van der Waals surface area contributed by atoms with Crippen LogP contribution in [0.15, 0.2) is 30.8 Å². The van der Waals surface area contributed by atoms with E-state index in [1.165, 1.54) is 16.8 Å². The third-order valence-corrected chi connectivity index (χ3v) is 2.43. The molecule has 0 radical (unpaired) electrons. The molecule has 0 aromatic heterocycles. The fraction of sp³-hybridized carbons (Fsp3) is 0.467. The lowest BCUT2D eigenvalue weighted by Crippen LogP contribution is -2.11. The molecular formula is C15H25N. The molecule has 0 bridgehead atoms. The van der Waals surface area contributed by atoms with E-state index in [1.54, 1.807) is 0 Å². The Morgan fingerprint density at radius 2 is 1.62 bits per heavy atom. The van der Waals surface area contributed by atoms with Crippen molar-refractivity contribution < 1.29 is 0 Å². The van der Waals surface area contributed by atoms with Crippen molar-refractivity contribution in [1.82, 2.24) is 0 Å². The molecule has 0 atom stereocenters. The number of hydrogen-bond donors (Lipinski definition) is 0. The van der Waals surface area contributed by atoms with Gasteiger partial charge in [0.1, 0.15) is 0 Å². The van der Waals surface area contributed by atoms with Crippen LogP contribution in [0.2, 0.25) is 0 Å². The number of anilines is 1. The SMILES string of the molecule is C=C(c1ccccc1N(C)C)C(C)C.CC. The second-order valence-electron chi connectivity index (χ2n) is 4.09. The van der Waals surface area contributed by atoms with Crippen LogP contribution in [0.25, 0.3) is 5.57 Å². The van der Waals surface area contributed by atoms with E-state index in [2.05, 4.69) is 63.7 Å². The molecule has 0 heterocycles. The summed E-state index contributed by atoms with van der Waals surface area (Å²) in [5.74, 6) is 0.496. The fourth-order valence-electron chi connectivity index (χ4n) is 1.45. The van der Waals surface area contributed by atoms with Crippen molar-refractivity contribution in [3.8, 4) is 0 Å². The standard InChI is InChI=1S/C13H19N.C2H6/c1-10(2)11(3)12-8-6-7-9-13(12)14(4)5;1-2/h6-10H,3H2,1-2,4-5H3;1-2H3. The van der Waals surface area contributed by atoms with E-state index < -0.39 is 0 Å². The second kappa shape index (κ2) is 7.10. The lowest BCUT2D eigenvalue weighted by Gasteiger charge is -2.20. The van der Waals surface area contributed by atoms with Gasteiger partial charge in [-0.3, -0.25) is 0 Å². The van der Waals surface area contributed by atoms with Gasteiger partial charge in [0, 0.05) is 25.3 Å². The first-order valence-electron chi connectivity index (χ1n) is 5.99. The van der Waals surface area contributed by atoms with Gasteiger partial charge in [-0.1, -0.05) is 52.5 Å². The lowest BCUT2D eigenvalue weighted by molar-refractivity contribution is 0.857. The molecule has 16 heavy (non-hydrogen) atoms. The average Bonchev–Trinajstić information content (AvgIpc) is 2.30. The molecule has 0 aliphatic carbocycles. The summed E-state index contributed by atoms with van der Waals surface area (Å²) in [6, 6.07) is 8.39. The van der Waals surface area contributed by atoms with Gasteiger partial charge in [0.15, 0.2) is 0 Å². The predicted octanol–water partition coefficient (Wildman–Crippen LogP) is 4.45. The zero-order valence-corrected chi connectivity index (χ0v) is 11.5. The molecular weight excluding hydrogens is 194 g/mol. The van der Waals surface area contributed by atoms with Gasteiger partial charge in [-0.25, -0.2) is 0 Å². The summed E-state index contributed by atoms with van der Waals surface area (Å²) in [5.41, 5.74) is 3.70. The van der Waals surface area contributed by atoms with Crippen LogP contribution in [0.1, 0.15) is 33.3 Å². The third-order valence-electron chi connectivity index (χ3n) is 2.43. The highest BCUT2D eigenvalue weighted by molar-refractivity contribution is 5.76. The lowest BCUT2D eigenvalue weighted by atomic mass is 9.95. The third kappa shape index (κ3) is 3.73. The summed E-state index contributed by atoms with van der Waals surface area (Å²) >= 11 is 0. The second-order valence-corrected chi connectivity index (χ2v) is 4.09. The van der Waals surface area contributed by atoms with Crippen LogP contribution in [0.4, 0.5) is 5.69 Å². The van der Waals surface area contributed by atoms with Gasteiger partial charge in [0.25, 0.3) is 0 Å². The topological polar surface area (TPSA) is 3.24 Å². The molecule has 0 saturated heterocycles. The van der Waals surface area contributed by atoms with Crippen molar-refractivity contribution in [3.05, 3.63) is 36.4 Å². The zero-order chi connectivity index (χ0) is 12.7. The Morgan fingerprint density at radius 3 is 2.06 bits per heavy atom. The molecule has 1 aromatic carbocycles. The summed E-state index contributed by atoms with van der Waals surface area (Å²) < 4.78 is 0. The van der Waals surface area contributed by atoms with Gasteiger partial charge in [-0.05, 0) is 17.6 Å². The number of rotatable bonds is 3. The molecule has 0 spiro atoms. The minimum Gasteiger partial charge on any atom is -0.377 e. The summed E-state index contributed by atoms with van der Waals surface area (Å²) in [5, 5.41) is 0. The Bertz CT molecular complexity index is 324. The molecule has 0 fully saturated rings. The van der Waals surface area contributed by atoms with E-state index in [9.17, 15) is 0 Å². The normalized spacial score (nSPS) is 9.44. The predicted molar refractivity (Wildman–Crippen MR) is 76.0 cm³/mol. The Kier molecular flexibility index (Phi) is 6.55. The highest BCUT2D eigenvalue weighted by Gasteiger charge is 2.09. The maximum absolute atomic E-state index is 4.14. The molecule has 1 heteroatoms. The first-order chi connectivity index (χ1) is 7.54. The maximum atomic E-state index is 4.14. The van der Waals surface area contributed by atoms with Crippen molar-refractivity contribution in [2.24, 2.45) is 5.92 Å². The quantitative estimate of drug-likeness (QED) is 0.726. The van der Waals surface area contributed by atoms with E-state index >= 15 is 0 Å². The van der Waals surface area contributed by atoms with Crippen LogP contribution in [0.3, 0.4) is 0 Å². The van der Waals surface area contributed by atoms with Gasteiger partial charge >= 0.3 is 0 Å². The number of benzene rings is 1. The number of para-hydroxylation sites is 1. The van der Waals surface area contributed by atoms with Crippen LogP contribution >= 0.6 is 0 Å². The molecule has 0 saturated carbocycles. The minimum absolute atomic E-state index is 0.496. The van der Waals surface area contributed by atoms with E-state index in [4.69, 9.17) is 0 Å². The van der Waals surface area contributed by atoms with E-state index in [-0.39, 0.29) is 0 Å². The molecule has 0 unspecified atom stereocenters. The monoisotopic (exact) mass is 219 g/mol. The van der Waals surface area contributed by atoms with Crippen molar-refractivity contribution in [2.75, 3.05) is 19.0 Å². The largest absolute Gasteiger partial charge is 0.377 e. The number of nitrogens with zero attached hydrogens (tertiary/aromatic N) is 1. The molecule has 90 valence electrons. The smallest absolute Gasteiger partial charge is 0.0437 e. The molecule has 1 rings (SSSR count). The van der Waals surface area contributed by atoms with Crippen molar-refractivity contribution in [3.63, 3.8) is 0 Å². The van der Waals surface area contributed by atoms with Crippen LogP contribution < -0.4 is 4.90 Å². The highest BCUT2D eigenvalue weighted by Crippen LogP contribution is 2.29. The molecule has 1 nitrogen and oxygen atoms in total. The van der Waals surface area contributed by atoms with Gasteiger partial charge in [0.2, 0.25) is 0 Å². The van der Waals surface area contributed by atoms with Gasteiger partial charge in [-0.15, -0.1) is 0 Å². The zero-order valence-electron chi connectivity index (χ0n) is 11.5. The average molecular weight is 219 g/mol. The molecule has 0 aliphatic heterocycles. The van der Waals surface area contributed by atoms with E-state index in [1.807, 2.05) is 13.8 Å².